The Morgan fingerprint density at radius 3 is 2.25 bits per heavy atom. The molecule has 0 aromatic carbocycles. The molecule has 1 aromatic rings. The van der Waals surface area contributed by atoms with Crippen molar-refractivity contribution < 1.29 is 4.39 Å². The highest BCUT2D eigenvalue weighted by molar-refractivity contribution is 5.36. The molecule has 0 aliphatic rings. The molecule has 3 nitrogen and oxygen atoms in total. The van der Waals surface area contributed by atoms with Gasteiger partial charge in [-0.3, -0.25) is 0 Å². The van der Waals surface area contributed by atoms with E-state index < -0.39 is 5.95 Å². The molecule has 4 heteroatoms. The van der Waals surface area contributed by atoms with Crippen LogP contribution >= 0.6 is 0 Å². The zero-order valence-electron chi connectivity index (χ0n) is 11.1. The number of nitrogens with one attached hydrogen (secondary N) is 1. The average Bonchev–Trinajstić information content (AvgIpc) is 2.17. The van der Waals surface area contributed by atoms with Gasteiger partial charge in [-0.25, -0.2) is 9.97 Å². The molecule has 1 N–H and O–H groups in total. The maximum absolute atomic E-state index is 13.0. The van der Waals surface area contributed by atoms with E-state index in [4.69, 9.17) is 0 Å². The van der Waals surface area contributed by atoms with Crippen LogP contribution in [0, 0.1) is 5.95 Å². The van der Waals surface area contributed by atoms with E-state index in [0.717, 1.165) is 0 Å². The van der Waals surface area contributed by atoms with Crippen LogP contribution in [0.3, 0.4) is 0 Å². The van der Waals surface area contributed by atoms with Crippen molar-refractivity contribution in [3.63, 3.8) is 0 Å². The van der Waals surface area contributed by atoms with Gasteiger partial charge in [-0.15, -0.1) is 0 Å². The van der Waals surface area contributed by atoms with Crippen LogP contribution in [0.4, 0.5) is 10.2 Å². The molecule has 1 aromatic heterocycles. The summed E-state index contributed by atoms with van der Waals surface area (Å²) in [5, 5.41) is 3.11. The quantitative estimate of drug-likeness (QED) is 0.787. The van der Waals surface area contributed by atoms with Gasteiger partial charge in [-0.2, -0.15) is 4.39 Å². The van der Waals surface area contributed by atoms with E-state index in [1.165, 1.54) is 6.07 Å². The van der Waals surface area contributed by atoms with Crippen molar-refractivity contribution in [2.75, 3.05) is 5.32 Å². The SMILES string of the molecule is CC.CCc1nc(F)cc(NC(C)(C)C)n1. The van der Waals surface area contributed by atoms with Crippen LogP contribution in [0.2, 0.25) is 0 Å². The summed E-state index contributed by atoms with van der Waals surface area (Å²) in [4.78, 5) is 7.84. The summed E-state index contributed by atoms with van der Waals surface area (Å²) in [6.07, 6.45) is 0.635. The molecule has 1 heterocycles. The Labute approximate surface area is 97.5 Å². The second-order valence-corrected chi connectivity index (χ2v) is 4.22. The zero-order chi connectivity index (χ0) is 12.8. The Bertz CT molecular complexity index is 319. The van der Waals surface area contributed by atoms with Crippen molar-refractivity contribution in [1.82, 2.24) is 9.97 Å². The molecule has 92 valence electrons. The van der Waals surface area contributed by atoms with Crippen LogP contribution in [0.1, 0.15) is 47.4 Å². The molecule has 1 rings (SSSR count). The van der Waals surface area contributed by atoms with E-state index in [1.807, 2.05) is 41.5 Å². The van der Waals surface area contributed by atoms with Crippen molar-refractivity contribution in [3.05, 3.63) is 17.8 Å². The Morgan fingerprint density at radius 2 is 1.81 bits per heavy atom. The summed E-state index contributed by atoms with van der Waals surface area (Å²) < 4.78 is 13.0. The highest BCUT2D eigenvalue weighted by atomic mass is 19.1. The lowest BCUT2D eigenvalue weighted by Crippen LogP contribution is -2.27. The van der Waals surface area contributed by atoms with Gasteiger partial charge in [0.1, 0.15) is 11.6 Å². The fraction of sp³-hybridized carbons (Fsp3) is 0.667. The second-order valence-electron chi connectivity index (χ2n) is 4.22. The molecule has 0 saturated heterocycles. The number of hydrogen-bond donors (Lipinski definition) is 1. The first-order valence-corrected chi connectivity index (χ1v) is 5.72. The maximum atomic E-state index is 13.0. The van der Waals surface area contributed by atoms with Crippen LogP contribution in [0.25, 0.3) is 0 Å². The molecular formula is C12H22FN3. The first kappa shape index (κ1) is 14.8. The molecule has 0 atom stereocenters. The van der Waals surface area contributed by atoms with Crippen LogP contribution in [0.15, 0.2) is 6.07 Å². The Kier molecular flexibility index (Phi) is 5.93. The van der Waals surface area contributed by atoms with Crippen molar-refractivity contribution in [2.45, 2.75) is 53.5 Å². The highest BCUT2D eigenvalue weighted by Gasteiger charge is 2.11. The van der Waals surface area contributed by atoms with Gasteiger partial charge in [0.05, 0.1) is 0 Å². The standard InChI is InChI=1S/C10H16FN3.C2H6/c1-5-8-12-7(11)6-9(13-8)14-10(2,3)4;1-2/h6H,5H2,1-4H3,(H,12,13,14);1-2H3. The Hall–Kier alpha value is -1.19. The lowest BCUT2D eigenvalue weighted by Gasteiger charge is -2.21. The van der Waals surface area contributed by atoms with E-state index >= 15 is 0 Å². The first-order valence-electron chi connectivity index (χ1n) is 5.72. The lowest BCUT2D eigenvalue weighted by molar-refractivity contribution is 0.567. The van der Waals surface area contributed by atoms with Crippen molar-refractivity contribution in [3.8, 4) is 0 Å². The number of rotatable bonds is 2. The summed E-state index contributed by atoms with van der Waals surface area (Å²) in [5.74, 6) is 0.585. The number of aromatic nitrogens is 2. The monoisotopic (exact) mass is 227 g/mol. The van der Waals surface area contributed by atoms with E-state index in [-0.39, 0.29) is 5.54 Å². The summed E-state index contributed by atoms with van der Waals surface area (Å²) in [7, 11) is 0. The largest absolute Gasteiger partial charge is 0.365 e. The van der Waals surface area contributed by atoms with Crippen LogP contribution < -0.4 is 5.32 Å². The van der Waals surface area contributed by atoms with Gasteiger partial charge in [0.25, 0.3) is 0 Å². The van der Waals surface area contributed by atoms with Crippen molar-refractivity contribution >= 4 is 5.82 Å². The Balaban J connectivity index is 0.00000106. The number of halogens is 1. The molecule has 0 bridgehead atoms. The number of anilines is 1. The van der Waals surface area contributed by atoms with Gasteiger partial charge in [-0.1, -0.05) is 20.8 Å². The minimum Gasteiger partial charge on any atom is -0.365 e. The third kappa shape index (κ3) is 5.63. The molecule has 0 saturated carbocycles. The molecule has 0 aliphatic carbocycles. The highest BCUT2D eigenvalue weighted by Crippen LogP contribution is 2.12. The first-order chi connectivity index (χ1) is 7.40. The van der Waals surface area contributed by atoms with Crippen LogP contribution in [0.5, 0.6) is 0 Å². The molecule has 0 radical (unpaired) electrons. The molecule has 0 fully saturated rings. The third-order valence-corrected chi connectivity index (χ3v) is 1.56. The van der Waals surface area contributed by atoms with Crippen molar-refractivity contribution in [2.24, 2.45) is 0 Å². The summed E-state index contributed by atoms with van der Waals surface area (Å²) in [6.45, 7) is 11.9. The fourth-order valence-corrected chi connectivity index (χ4v) is 1.07. The minimum absolute atomic E-state index is 0.119. The van der Waals surface area contributed by atoms with Gasteiger partial charge in [0.2, 0.25) is 5.95 Å². The fourth-order valence-electron chi connectivity index (χ4n) is 1.07. The molecule has 0 spiro atoms. The lowest BCUT2D eigenvalue weighted by atomic mass is 10.1. The smallest absolute Gasteiger partial charge is 0.218 e. The molecule has 0 aliphatic heterocycles. The van der Waals surface area contributed by atoms with Gasteiger partial charge in [-0.05, 0) is 20.8 Å². The maximum Gasteiger partial charge on any atom is 0.218 e. The number of hydrogen-bond acceptors (Lipinski definition) is 3. The van der Waals surface area contributed by atoms with Crippen LogP contribution in [-0.2, 0) is 6.42 Å². The topological polar surface area (TPSA) is 37.8 Å². The summed E-state index contributed by atoms with van der Waals surface area (Å²) in [6, 6.07) is 1.31. The third-order valence-electron chi connectivity index (χ3n) is 1.56. The van der Waals surface area contributed by atoms with Gasteiger partial charge in [0.15, 0.2) is 0 Å². The zero-order valence-corrected chi connectivity index (χ0v) is 11.1. The van der Waals surface area contributed by atoms with Crippen molar-refractivity contribution in [1.29, 1.82) is 0 Å². The molecular weight excluding hydrogens is 205 g/mol. The van der Waals surface area contributed by atoms with Gasteiger partial charge in [0, 0.05) is 18.0 Å². The van der Waals surface area contributed by atoms with Gasteiger partial charge >= 0.3 is 0 Å². The number of nitrogens with zero attached hydrogens (tertiary/aromatic N) is 2. The minimum atomic E-state index is -0.483. The van der Waals surface area contributed by atoms with E-state index in [2.05, 4.69) is 15.3 Å². The summed E-state index contributed by atoms with van der Waals surface area (Å²) >= 11 is 0. The van der Waals surface area contributed by atoms with Crippen LogP contribution in [-0.4, -0.2) is 15.5 Å². The normalized spacial score (nSPS) is 10.4. The predicted octanol–water partition coefficient (Wildman–Crippen LogP) is 3.41. The van der Waals surface area contributed by atoms with Gasteiger partial charge < -0.3 is 5.32 Å². The Morgan fingerprint density at radius 1 is 1.25 bits per heavy atom. The molecule has 16 heavy (non-hydrogen) atoms. The second kappa shape index (κ2) is 6.40. The van der Waals surface area contributed by atoms with E-state index in [0.29, 0.717) is 18.1 Å². The predicted molar refractivity (Wildman–Crippen MR) is 66.1 cm³/mol. The summed E-state index contributed by atoms with van der Waals surface area (Å²) in [5.41, 5.74) is -0.119. The number of aryl methyl sites for hydroxylation is 1. The average molecular weight is 227 g/mol. The van der Waals surface area contributed by atoms with E-state index in [9.17, 15) is 4.39 Å². The molecule has 0 unspecified atom stereocenters. The molecule has 0 amide bonds. The van der Waals surface area contributed by atoms with E-state index in [1.54, 1.807) is 0 Å².